The second-order valence-corrected chi connectivity index (χ2v) is 6.84. The number of fused-ring (bicyclic) bond motifs is 1. The fraction of sp³-hybridized carbons (Fsp3) is 0.526. The first-order valence-corrected chi connectivity index (χ1v) is 8.73. The summed E-state index contributed by atoms with van der Waals surface area (Å²) in [5.41, 5.74) is 2.57. The molecule has 0 bridgehead atoms. The summed E-state index contributed by atoms with van der Waals surface area (Å²) in [5, 5.41) is 4.29. The smallest absolute Gasteiger partial charge is 0.0645 e. The molecular weight excluding hydrogens is 270 g/mol. The fourth-order valence-corrected chi connectivity index (χ4v) is 4.33. The Kier molecular flexibility index (Phi) is 3.98. The largest absolute Gasteiger partial charge is 0.296 e. The number of rotatable bonds is 3. The monoisotopic (exact) mass is 295 g/mol. The summed E-state index contributed by atoms with van der Waals surface area (Å²) in [6.07, 6.45) is 12.4. The van der Waals surface area contributed by atoms with E-state index in [-0.39, 0.29) is 0 Å². The highest BCUT2D eigenvalue weighted by atomic mass is 15.3. The summed E-state index contributed by atoms with van der Waals surface area (Å²) >= 11 is 0. The van der Waals surface area contributed by atoms with E-state index in [1.54, 1.807) is 0 Å². The zero-order valence-electron chi connectivity index (χ0n) is 13.2. The molecule has 0 unspecified atom stereocenters. The number of piperidine rings is 1. The third-order valence-corrected chi connectivity index (χ3v) is 5.45. The molecule has 1 aliphatic carbocycles. The molecule has 4 rings (SSSR count). The number of benzene rings is 1. The number of hydrogen-bond acceptors (Lipinski definition) is 2. The fourth-order valence-electron chi connectivity index (χ4n) is 4.33. The van der Waals surface area contributed by atoms with E-state index >= 15 is 0 Å². The summed E-state index contributed by atoms with van der Waals surface area (Å²) < 4.78 is 1.92. The van der Waals surface area contributed by atoms with Crippen LogP contribution in [0.1, 0.15) is 44.1 Å². The molecule has 0 amide bonds. The van der Waals surface area contributed by atoms with Crippen LogP contribution < -0.4 is 0 Å². The lowest BCUT2D eigenvalue weighted by Crippen LogP contribution is -2.46. The summed E-state index contributed by atoms with van der Waals surface area (Å²) in [4.78, 5) is 2.75. The van der Waals surface area contributed by atoms with Crippen molar-refractivity contribution in [3.05, 3.63) is 48.3 Å². The van der Waals surface area contributed by atoms with E-state index < -0.39 is 0 Å². The van der Waals surface area contributed by atoms with Gasteiger partial charge in [-0.05, 0) is 61.9 Å². The van der Waals surface area contributed by atoms with E-state index in [1.165, 1.54) is 50.6 Å². The Balaban J connectivity index is 1.46. The van der Waals surface area contributed by atoms with Crippen molar-refractivity contribution in [3.8, 4) is 5.69 Å². The molecule has 2 heterocycles. The van der Waals surface area contributed by atoms with E-state index in [1.807, 2.05) is 23.1 Å². The van der Waals surface area contributed by atoms with Crippen LogP contribution in [0.5, 0.6) is 0 Å². The second kappa shape index (κ2) is 6.25. The minimum Gasteiger partial charge on any atom is -0.296 e. The van der Waals surface area contributed by atoms with Crippen molar-refractivity contribution in [2.45, 2.75) is 51.1 Å². The molecule has 0 radical (unpaired) electrons. The lowest BCUT2D eigenvalue weighted by atomic mass is 9.78. The van der Waals surface area contributed by atoms with Gasteiger partial charge in [-0.25, -0.2) is 4.68 Å². The third-order valence-electron chi connectivity index (χ3n) is 5.45. The van der Waals surface area contributed by atoms with Crippen LogP contribution in [0.15, 0.2) is 42.7 Å². The molecule has 116 valence electrons. The topological polar surface area (TPSA) is 21.1 Å². The van der Waals surface area contributed by atoms with E-state index in [4.69, 9.17) is 0 Å². The SMILES string of the molecule is c1cnn(-c2ccc(CN3CCC[C@@H]4CCCC[C@H]43)cc2)c1. The molecule has 2 atom stereocenters. The average molecular weight is 295 g/mol. The normalized spacial score (nSPS) is 25.8. The van der Waals surface area contributed by atoms with Gasteiger partial charge in [0.1, 0.15) is 0 Å². The van der Waals surface area contributed by atoms with Gasteiger partial charge in [-0.15, -0.1) is 0 Å². The van der Waals surface area contributed by atoms with Gasteiger partial charge in [-0.2, -0.15) is 5.10 Å². The molecule has 1 aromatic heterocycles. The number of nitrogens with zero attached hydrogens (tertiary/aromatic N) is 3. The summed E-state index contributed by atoms with van der Waals surface area (Å²) in [7, 11) is 0. The predicted octanol–water partition coefficient (Wildman–Crippen LogP) is 4.03. The maximum atomic E-state index is 4.29. The number of likely N-dealkylation sites (tertiary alicyclic amines) is 1. The van der Waals surface area contributed by atoms with Crippen molar-refractivity contribution < 1.29 is 0 Å². The lowest BCUT2D eigenvalue weighted by Gasteiger charge is -2.44. The van der Waals surface area contributed by atoms with Crippen LogP contribution >= 0.6 is 0 Å². The van der Waals surface area contributed by atoms with Crippen LogP contribution in [0.25, 0.3) is 5.69 Å². The Morgan fingerprint density at radius 3 is 2.64 bits per heavy atom. The standard InChI is InChI=1S/C19H25N3/c1-2-7-19-17(5-1)6-3-13-21(19)15-16-8-10-18(11-9-16)22-14-4-12-20-22/h4,8-12,14,17,19H,1-3,5-7,13,15H2/t17-,19+/m0/s1. The molecule has 0 spiro atoms. The van der Waals surface area contributed by atoms with Gasteiger partial charge in [0.25, 0.3) is 0 Å². The molecular formula is C19H25N3. The summed E-state index contributed by atoms with van der Waals surface area (Å²) in [6.45, 7) is 2.39. The summed E-state index contributed by atoms with van der Waals surface area (Å²) in [5.74, 6) is 0.964. The summed E-state index contributed by atoms with van der Waals surface area (Å²) in [6, 6.07) is 11.7. The van der Waals surface area contributed by atoms with Gasteiger partial charge in [0.2, 0.25) is 0 Å². The molecule has 3 nitrogen and oxygen atoms in total. The quantitative estimate of drug-likeness (QED) is 0.852. The van der Waals surface area contributed by atoms with Gasteiger partial charge < -0.3 is 0 Å². The predicted molar refractivity (Wildman–Crippen MR) is 89.0 cm³/mol. The molecule has 22 heavy (non-hydrogen) atoms. The van der Waals surface area contributed by atoms with E-state index in [9.17, 15) is 0 Å². The van der Waals surface area contributed by atoms with Gasteiger partial charge in [0.15, 0.2) is 0 Å². The van der Waals surface area contributed by atoms with Gasteiger partial charge in [-0.3, -0.25) is 4.90 Å². The Labute approximate surface area is 132 Å². The Hall–Kier alpha value is -1.61. The van der Waals surface area contributed by atoms with Crippen molar-refractivity contribution in [2.24, 2.45) is 5.92 Å². The first-order valence-electron chi connectivity index (χ1n) is 8.73. The van der Waals surface area contributed by atoms with Crippen molar-refractivity contribution in [2.75, 3.05) is 6.54 Å². The number of hydrogen-bond donors (Lipinski definition) is 0. The number of aromatic nitrogens is 2. The zero-order chi connectivity index (χ0) is 14.8. The van der Waals surface area contributed by atoms with E-state index in [2.05, 4.69) is 34.3 Å². The Morgan fingerprint density at radius 2 is 1.82 bits per heavy atom. The van der Waals surface area contributed by atoms with Crippen molar-refractivity contribution in [3.63, 3.8) is 0 Å². The minimum absolute atomic E-state index is 0.841. The Bertz CT molecular complexity index is 586. The van der Waals surface area contributed by atoms with Crippen LogP contribution in [0, 0.1) is 5.92 Å². The minimum atomic E-state index is 0.841. The second-order valence-electron chi connectivity index (χ2n) is 6.84. The van der Waals surface area contributed by atoms with Gasteiger partial charge in [-0.1, -0.05) is 25.0 Å². The van der Waals surface area contributed by atoms with E-state index in [0.717, 1.165) is 24.2 Å². The molecule has 3 heteroatoms. The molecule has 1 saturated carbocycles. The van der Waals surface area contributed by atoms with Crippen molar-refractivity contribution in [1.29, 1.82) is 0 Å². The van der Waals surface area contributed by atoms with Crippen molar-refractivity contribution >= 4 is 0 Å². The molecule has 2 aliphatic rings. The maximum absolute atomic E-state index is 4.29. The molecule has 2 aromatic rings. The first-order chi connectivity index (χ1) is 10.9. The third kappa shape index (κ3) is 2.82. The van der Waals surface area contributed by atoms with Gasteiger partial charge >= 0.3 is 0 Å². The first kappa shape index (κ1) is 14.0. The highest BCUT2D eigenvalue weighted by Crippen LogP contribution is 2.35. The Morgan fingerprint density at radius 1 is 1.00 bits per heavy atom. The van der Waals surface area contributed by atoms with Gasteiger partial charge in [0, 0.05) is 25.0 Å². The molecule has 1 aromatic carbocycles. The maximum Gasteiger partial charge on any atom is 0.0645 e. The van der Waals surface area contributed by atoms with Crippen LogP contribution in [-0.2, 0) is 6.54 Å². The van der Waals surface area contributed by atoms with E-state index in [0.29, 0.717) is 0 Å². The van der Waals surface area contributed by atoms with Gasteiger partial charge in [0.05, 0.1) is 5.69 Å². The van der Waals surface area contributed by atoms with Crippen molar-refractivity contribution in [1.82, 2.24) is 14.7 Å². The molecule has 0 N–H and O–H groups in total. The molecule has 2 fully saturated rings. The highest BCUT2D eigenvalue weighted by Gasteiger charge is 2.32. The molecule has 1 saturated heterocycles. The van der Waals surface area contributed by atoms with Crippen LogP contribution in [0.4, 0.5) is 0 Å². The zero-order valence-corrected chi connectivity index (χ0v) is 13.2. The van der Waals surface area contributed by atoms with Crippen LogP contribution in [0.2, 0.25) is 0 Å². The average Bonchev–Trinajstić information content (AvgIpc) is 3.10. The molecule has 1 aliphatic heterocycles. The van der Waals surface area contributed by atoms with Crippen LogP contribution in [0.3, 0.4) is 0 Å². The highest BCUT2D eigenvalue weighted by molar-refractivity contribution is 5.33. The van der Waals surface area contributed by atoms with Crippen LogP contribution in [-0.4, -0.2) is 27.3 Å². The lowest BCUT2D eigenvalue weighted by molar-refractivity contribution is 0.0547.